The topological polar surface area (TPSA) is 12.0 Å². The van der Waals surface area contributed by atoms with Gasteiger partial charge in [-0.05, 0) is 48.1 Å². The van der Waals surface area contributed by atoms with Crippen LogP contribution in [0, 0.1) is 16.7 Å². The first-order valence-electron chi connectivity index (χ1n) is 6.86. The number of hydrogen-bond acceptors (Lipinski definition) is 1. The van der Waals surface area contributed by atoms with E-state index in [1.165, 1.54) is 24.9 Å². The van der Waals surface area contributed by atoms with E-state index in [1.54, 1.807) is 0 Å². The highest BCUT2D eigenvalue weighted by atomic mass is 15.0. The van der Waals surface area contributed by atoms with Crippen LogP contribution in [0.5, 0.6) is 0 Å². The van der Waals surface area contributed by atoms with Gasteiger partial charge in [0.25, 0.3) is 0 Å². The van der Waals surface area contributed by atoms with Gasteiger partial charge >= 0.3 is 0 Å². The van der Waals surface area contributed by atoms with Crippen molar-refractivity contribution in [3.63, 3.8) is 0 Å². The molecule has 2 fully saturated rings. The van der Waals surface area contributed by atoms with Crippen LogP contribution in [0.4, 0.5) is 5.69 Å². The molecule has 0 heterocycles. The molecule has 1 nitrogen and oxygen atoms in total. The zero-order valence-corrected chi connectivity index (χ0v) is 11.2. The maximum absolute atomic E-state index is 3.77. The number of hydrogen-bond donors (Lipinski definition) is 1. The second-order valence-corrected chi connectivity index (χ2v) is 6.67. The Labute approximate surface area is 105 Å². The number of benzene rings is 1. The molecule has 2 saturated carbocycles. The van der Waals surface area contributed by atoms with Gasteiger partial charge in [0.1, 0.15) is 0 Å². The first kappa shape index (κ1) is 11.1. The molecule has 92 valence electrons. The van der Waals surface area contributed by atoms with E-state index >= 15 is 0 Å². The van der Waals surface area contributed by atoms with Crippen LogP contribution >= 0.6 is 0 Å². The number of para-hydroxylation sites is 1. The minimum Gasteiger partial charge on any atom is -0.382 e. The van der Waals surface area contributed by atoms with E-state index in [0.717, 1.165) is 5.92 Å². The van der Waals surface area contributed by atoms with Crippen molar-refractivity contribution in [2.24, 2.45) is 16.7 Å². The molecule has 0 spiro atoms. The van der Waals surface area contributed by atoms with Crippen molar-refractivity contribution < 1.29 is 0 Å². The Hall–Kier alpha value is -0.980. The van der Waals surface area contributed by atoms with Gasteiger partial charge in [-0.1, -0.05) is 39.0 Å². The van der Waals surface area contributed by atoms with E-state index in [0.29, 0.717) is 16.9 Å². The molecule has 2 aliphatic carbocycles. The zero-order valence-electron chi connectivity index (χ0n) is 11.2. The third-order valence-electron chi connectivity index (χ3n) is 5.91. The molecule has 2 aliphatic rings. The quantitative estimate of drug-likeness (QED) is 0.796. The first-order chi connectivity index (χ1) is 8.04. The maximum Gasteiger partial charge on any atom is 0.0342 e. The summed E-state index contributed by atoms with van der Waals surface area (Å²) in [6, 6.07) is 11.3. The highest BCUT2D eigenvalue weighted by Crippen LogP contribution is 2.65. The Balaban J connectivity index is 1.83. The van der Waals surface area contributed by atoms with Gasteiger partial charge in [-0.15, -0.1) is 0 Å². The lowest BCUT2D eigenvalue weighted by molar-refractivity contribution is 0.142. The van der Waals surface area contributed by atoms with Crippen molar-refractivity contribution >= 4 is 5.69 Å². The lowest BCUT2D eigenvalue weighted by atomic mass is 9.69. The van der Waals surface area contributed by atoms with Gasteiger partial charge in [-0.25, -0.2) is 0 Å². The predicted octanol–water partition coefficient (Wildman–Crippen LogP) is 4.31. The standard InChI is InChI=1S/C16H23N/c1-15(2)12-9-10-16(15,3)14(11-12)17-13-7-5-4-6-8-13/h4-8,12,14,17H,9-11H2,1-3H3/t12-,14-,16+/m0/s1. The molecule has 0 aliphatic heterocycles. The largest absolute Gasteiger partial charge is 0.382 e. The SMILES string of the molecule is CC1(C)[C@H]2CC[C@]1(C)[C@@H](Nc1ccccc1)C2. The van der Waals surface area contributed by atoms with Crippen LogP contribution in [0.3, 0.4) is 0 Å². The fraction of sp³-hybridized carbons (Fsp3) is 0.625. The lowest BCUT2D eigenvalue weighted by Gasteiger charge is -2.40. The minimum atomic E-state index is 0.466. The first-order valence-corrected chi connectivity index (χ1v) is 6.86. The Morgan fingerprint density at radius 1 is 1.12 bits per heavy atom. The van der Waals surface area contributed by atoms with E-state index in [4.69, 9.17) is 0 Å². The van der Waals surface area contributed by atoms with Crippen molar-refractivity contribution in [2.45, 2.75) is 46.1 Å². The van der Waals surface area contributed by atoms with Crippen molar-refractivity contribution in [2.75, 3.05) is 5.32 Å². The summed E-state index contributed by atoms with van der Waals surface area (Å²) < 4.78 is 0. The summed E-state index contributed by atoms with van der Waals surface area (Å²) in [6.07, 6.45) is 4.16. The third-order valence-corrected chi connectivity index (χ3v) is 5.91. The summed E-state index contributed by atoms with van der Waals surface area (Å²) in [5.41, 5.74) is 2.24. The Morgan fingerprint density at radius 2 is 1.82 bits per heavy atom. The van der Waals surface area contributed by atoms with Crippen molar-refractivity contribution in [3.05, 3.63) is 30.3 Å². The van der Waals surface area contributed by atoms with Crippen LogP contribution in [0.25, 0.3) is 0 Å². The molecule has 0 aromatic heterocycles. The van der Waals surface area contributed by atoms with E-state index in [1.807, 2.05) is 0 Å². The summed E-state index contributed by atoms with van der Waals surface area (Å²) in [5, 5.41) is 3.77. The van der Waals surface area contributed by atoms with Gasteiger partial charge < -0.3 is 5.32 Å². The van der Waals surface area contributed by atoms with Crippen molar-refractivity contribution in [3.8, 4) is 0 Å². The number of fused-ring (bicyclic) bond motifs is 2. The van der Waals surface area contributed by atoms with E-state index in [2.05, 4.69) is 56.4 Å². The van der Waals surface area contributed by atoms with Gasteiger partial charge in [0, 0.05) is 11.7 Å². The Morgan fingerprint density at radius 3 is 2.35 bits per heavy atom. The molecular weight excluding hydrogens is 206 g/mol. The summed E-state index contributed by atoms with van der Waals surface area (Å²) in [5.74, 6) is 0.911. The summed E-state index contributed by atoms with van der Waals surface area (Å²) in [6.45, 7) is 7.43. The number of anilines is 1. The minimum absolute atomic E-state index is 0.466. The average Bonchev–Trinajstić information content (AvgIpc) is 2.63. The highest BCUT2D eigenvalue weighted by Gasteiger charge is 2.61. The molecule has 2 bridgehead atoms. The van der Waals surface area contributed by atoms with Crippen LogP contribution < -0.4 is 5.32 Å². The van der Waals surface area contributed by atoms with Crippen LogP contribution in [0.1, 0.15) is 40.0 Å². The average molecular weight is 229 g/mol. The fourth-order valence-corrected chi connectivity index (χ4v) is 4.16. The molecule has 17 heavy (non-hydrogen) atoms. The molecular formula is C16H23N. The van der Waals surface area contributed by atoms with Crippen molar-refractivity contribution in [1.29, 1.82) is 0 Å². The van der Waals surface area contributed by atoms with Gasteiger partial charge in [0.15, 0.2) is 0 Å². The summed E-state index contributed by atoms with van der Waals surface area (Å²) in [7, 11) is 0. The molecule has 1 aromatic rings. The van der Waals surface area contributed by atoms with Gasteiger partial charge in [0.05, 0.1) is 0 Å². The molecule has 3 rings (SSSR count). The van der Waals surface area contributed by atoms with E-state index in [9.17, 15) is 0 Å². The van der Waals surface area contributed by atoms with Gasteiger partial charge in [-0.2, -0.15) is 0 Å². The second-order valence-electron chi connectivity index (χ2n) is 6.67. The number of nitrogens with one attached hydrogen (secondary N) is 1. The van der Waals surface area contributed by atoms with Crippen LogP contribution in [-0.2, 0) is 0 Å². The normalized spacial score (nSPS) is 38.3. The summed E-state index contributed by atoms with van der Waals surface area (Å²) in [4.78, 5) is 0. The lowest BCUT2D eigenvalue weighted by Crippen LogP contribution is -2.40. The molecule has 1 heteroatoms. The van der Waals surface area contributed by atoms with Gasteiger partial charge in [-0.3, -0.25) is 0 Å². The van der Waals surface area contributed by atoms with Crippen LogP contribution in [-0.4, -0.2) is 6.04 Å². The fourth-order valence-electron chi connectivity index (χ4n) is 4.16. The molecule has 3 atom stereocenters. The Kier molecular flexibility index (Phi) is 2.30. The zero-order chi connectivity index (χ0) is 12.1. The molecule has 0 radical (unpaired) electrons. The third kappa shape index (κ3) is 1.44. The van der Waals surface area contributed by atoms with E-state index < -0.39 is 0 Å². The van der Waals surface area contributed by atoms with Gasteiger partial charge in [0.2, 0.25) is 0 Å². The maximum atomic E-state index is 3.77. The molecule has 1 aromatic carbocycles. The second kappa shape index (κ2) is 3.51. The van der Waals surface area contributed by atoms with Crippen LogP contribution in [0.2, 0.25) is 0 Å². The molecule has 1 N–H and O–H groups in total. The highest BCUT2D eigenvalue weighted by molar-refractivity contribution is 5.45. The number of rotatable bonds is 2. The predicted molar refractivity (Wildman–Crippen MR) is 73.1 cm³/mol. The van der Waals surface area contributed by atoms with Crippen LogP contribution in [0.15, 0.2) is 30.3 Å². The molecule has 0 unspecified atom stereocenters. The summed E-state index contributed by atoms with van der Waals surface area (Å²) >= 11 is 0. The molecule has 0 saturated heterocycles. The van der Waals surface area contributed by atoms with E-state index in [-0.39, 0.29) is 0 Å². The monoisotopic (exact) mass is 229 g/mol. The Bertz CT molecular complexity index is 409. The molecule has 0 amide bonds. The van der Waals surface area contributed by atoms with Crippen molar-refractivity contribution in [1.82, 2.24) is 0 Å². The smallest absolute Gasteiger partial charge is 0.0342 e.